The number of hydrogen-bond donors (Lipinski definition) is 5. The first-order chi connectivity index (χ1) is 21.1. The SMILES string of the molecule is CNS.O=C(Nc1ccc(C(F)(F)F)cc1F)C1CCCC(c2ccc(-c3cccc(C4CCCNC4)c3)cc2)C1.O=CO. The van der Waals surface area contributed by atoms with Gasteiger partial charge in [0.2, 0.25) is 5.91 Å². The maximum atomic E-state index is 14.2. The van der Waals surface area contributed by atoms with Crippen LogP contribution in [-0.4, -0.2) is 37.6 Å². The van der Waals surface area contributed by atoms with Crippen molar-refractivity contribution in [3.63, 3.8) is 0 Å². The number of thiol groups is 1. The Balaban J connectivity index is 0.000000816. The Labute approximate surface area is 261 Å². The van der Waals surface area contributed by atoms with Crippen LogP contribution in [-0.2, 0) is 15.8 Å². The Morgan fingerprint density at radius 3 is 2.25 bits per heavy atom. The molecule has 0 radical (unpaired) electrons. The summed E-state index contributed by atoms with van der Waals surface area (Å²) in [6, 6.07) is 19.5. The fraction of sp³-hybridized carbons (Fsp3) is 0.394. The number of nitrogens with one attached hydrogen (secondary N) is 3. The molecule has 1 aliphatic heterocycles. The molecular weight excluding hydrogens is 594 g/mol. The van der Waals surface area contributed by atoms with E-state index in [9.17, 15) is 22.4 Å². The molecule has 6 nitrogen and oxygen atoms in total. The number of carboxylic acid groups (broad SMARTS) is 1. The number of carbonyl (C=O) groups excluding carboxylic acids is 1. The van der Waals surface area contributed by atoms with E-state index in [-0.39, 0.29) is 29.9 Å². The molecule has 11 heteroatoms. The van der Waals surface area contributed by atoms with Crippen molar-refractivity contribution >= 4 is 30.9 Å². The highest BCUT2D eigenvalue weighted by Gasteiger charge is 2.32. The number of alkyl halides is 3. The average molecular weight is 634 g/mol. The van der Waals surface area contributed by atoms with Crippen molar-refractivity contribution in [2.45, 2.75) is 56.5 Å². The van der Waals surface area contributed by atoms with Crippen LogP contribution in [0.5, 0.6) is 0 Å². The van der Waals surface area contributed by atoms with Crippen molar-refractivity contribution in [3.05, 3.63) is 89.2 Å². The standard InChI is InChI=1S/C31H32F4N2O.CH5NS.CH2O2/c32-28-18-27(31(33,34)35)13-14-29(28)37-30(38)25-7-2-5-23(17-25)21-11-9-20(10-12-21)22-4-1-6-24(16-22)26-8-3-15-36-19-26;1-2-3;2-1-3/h1,4,6,9-14,16,18,23,25-26,36H,2-3,5,7-8,15,17,19H2,(H,37,38);2-3H,1H3;1H,(H,2,3). The van der Waals surface area contributed by atoms with Crippen LogP contribution in [0.1, 0.15) is 67.1 Å². The minimum absolute atomic E-state index is 0.200. The summed E-state index contributed by atoms with van der Waals surface area (Å²) in [4.78, 5) is 21.2. The van der Waals surface area contributed by atoms with E-state index < -0.39 is 17.6 Å². The van der Waals surface area contributed by atoms with E-state index in [1.54, 1.807) is 7.05 Å². The van der Waals surface area contributed by atoms with E-state index in [0.29, 0.717) is 24.8 Å². The molecule has 3 unspecified atom stereocenters. The summed E-state index contributed by atoms with van der Waals surface area (Å²) in [6.45, 7) is 1.86. The fourth-order valence-electron chi connectivity index (χ4n) is 5.81. The van der Waals surface area contributed by atoms with Crippen LogP contribution in [0.15, 0.2) is 66.7 Å². The van der Waals surface area contributed by atoms with Crippen LogP contribution < -0.4 is 15.4 Å². The van der Waals surface area contributed by atoms with Gasteiger partial charge in [-0.25, -0.2) is 4.39 Å². The second-order valence-corrected chi connectivity index (χ2v) is 11.3. The van der Waals surface area contributed by atoms with E-state index in [4.69, 9.17) is 9.90 Å². The number of anilines is 1. The predicted molar refractivity (Wildman–Crippen MR) is 168 cm³/mol. The Kier molecular flexibility index (Phi) is 13.7. The highest BCUT2D eigenvalue weighted by molar-refractivity contribution is 7.78. The van der Waals surface area contributed by atoms with Gasteiger partial charge in [-0.15, -0.1) is 0 Å². The summed E-state index contributed by atoms with van der Waals surface area (Å²) in [5, 5.41) is 12.9. The van der Waals surface area contributed by atoms with Gasteiger partial charge in [0.15, 0.2) is 0 Å². The van der Waals surface area contributed by atoms with Gasteiger partial charge in [-0.3, -0.25) is 14.3 Å². The van der Waals surface area contributed by atoms with Crippen molar-refractivity contribution in [3.8, 4) is 11.1 Å². The molecule has 0 bridgehead atoms. The summed E-state index contributed by atoms with van der Waals surface area (Å²) in [5.74, 6) is -1.01. The molecule has 3 atom stereocenters. The number of rotatable bonds is 5. The van der Waals surface area contributed by atoms with E-state index in [2.05, 4.69) is 76.7 Å². The molecule has 1 heterocycles. The largest absolute Gasteiger partial charge is 0.483 e. The van der Waals surface area contributed by atoms with Gasteiger partial charge in [-0.05, 0) is 98.0 Å². The average Bonchev–Trinajstić information content (AvgIpc) is 3.03. The normalized spacial score (nSPS) is 19.8. The number of carbonyl (C=O) groups is 2. The molecule has 5 rings (SSSR count). The summed E-state index contributed by atoms with van der Waals surface area (Å²) >= 11 is 3.54. The highest BCUT2D eigenvalue weighted by atomic mass is 32.1. The first-order valence-corrected chi connectivity index (χ1v) is 15.0. The van der Waals surface area contributed by atoms with Gasteiger partial charge in [0.05, 0.1) is 11.3 Å². The van der Waals surface area contributed by atoms with Crippen molar-refractivity contribution in [2.24, 2.45) is 5.92 Å². The lowest BCUT2D eigenvalue weighted by Gasteiger charge is -2.29. The van der Waals surface area contributed by atoms with E-state index in [0.717, 1.165) is 43.6 Å². The molecule has 1 aliphatic carbocycles. The third-order valence-electron chi connectivity index (χ3n) is 7.97. The second-order valence-electron chi connectivity index (χ2n) is 10.9. The monoisotopic (exact) mass is 633 g/mol. The molecule has 238 valence electrons. The van der Waals surface area contributed by atoms with Crippen molar-refractivity contribution < 1.29 is 32.3 Å². The molecule has 0 aromatic heterocycles. The van der Waals surface area contributed by atoms with Gasteiger partial charge in [0.1, 0.15) is 5.82 Å². The molecular formula is C33H39F4N3O3S. The van der Waals surface area contributed by atoms with Crippen molar-refractivity contribution in [1.82, 2.24) is 10.0 Å². The zero-order valence-electron chi connectivity index (χ0n) is 24.5. The van der Waals surface area contributed by atoms with Crippen LogP contribution in [0, 0.1) is 11.7 Å². The summed E-state index contributed by atoms with van der Waals surface area (Å²) in [5.41, 5.74) is 3.58. The lowest BCUT2D eigenvalue weighted by atomic mass is 9.77. The van der Waals surface area contributed by atoms with Crippen LogP contribution >= 0.6 is 12.8 Å². The molecule has 1 amide bonds. The first kappa shape index (κ1) is 35.1. The topological polar surface area (TPSA) is 90.5 Å². The third kappa shape index (κ3) is 10.1. The summed E-state index contributed by atoms with van der Waals surface area (Å²) in [7, 11) is 1.74. The predicted octanol–water partition coefficient (Wildman–Crippen LogP) is 7.64. The third-order valence-corrected chi connectivity index (χ3v) is 7.97. The lowest BCUT2D eigenvalue weighted by Crippen LogP contribution is -2.28. The number of halogens is 4. The summed E-state index contributed by atoms with van der Waals surface area (Å²) in [6.07, 6.45) is 0.883. The molecule has 0 spiro atoms. The molecule has 44 heavy (non-hydrogen) atoms. The Bertz CT molecular complexity index is 1350. The number of hydrogen-bond acceptors (Lipinski definition) is 5. The fourth-order valence-corrected chi connectivity index (χ4v) is 5.81. The van der Waals surface area contributed by atoms with Crippen molar-refractivity contribution in [1.29, 1.82) is 0 Å². The quantitative estimate of drug-likeness (QED) is 0.113. The van der Waals surface area contributed by atoms with Crippen molar-refractivity contribution in [2.75, 3.05) is 25.5 Å². The van der Waals surface area contributed by atoms with Gasteiger partial charge >= 0.3 is 6.18 Å². The van der Waals surface area contributed by atoms with E-state index in [1.165, 1.54) is 29.5 Å². The van der Waals surface area contributed by atoms with Gasteiger partial charge in [-0.2, -0.15) is 13.2 Å². The van der Waals surface area contributed by atoms with Crippen LogP contribution in [0.25, 0.3) is 11.1 Å². The smallest absolute Gasteiger partial charge is 0.416 e. The minimum atomic E-state index is -4.63. The highest BCUT2D eigenvalue weighted by Crippen LogP contribution is 2.38. The summed E-state index contributed by atoms with van der Waals surface area (Å²) < 4.78 is 55.1. The van der Waals surface area contributed by atoms with E-state index in [1.807, 2.05) is 0 Å². The zero-order chi connectivity index (χ0) is 32.1. The number of benzene rings is 3. The molecule has 3 aromatic rings. The minimum Gasteiger partial charge on any atom is -0.483 e. The molecule has 3 aromatic carbocycles. The zero-order valence-corrected chi connectivity index (χ0v) is 25.4. The molecule has 1 saturated heterocycles. The Morgan fingerprint density at radius 2 is 1.64 bits per heavy atom. The van der Waals surface area contributed by atoms with Gasteiger partial charge in [0.25, 0.3) is 6.47 Å². The second kappa shape index (κ2) is 17.2. The van der Waals surface area contributed by atoms with Gasteiger partial charge in [-0.1, -0.05) is 67.8 Å². The van der Waals surface area contributed by atoms with Crippen LogP contribution in [0.3, 0.4) is 0 Å². The van der Waals surface area contributed by atoms with E-state index >= 15 is 0 Å². The number of amides is 1. The van der Waals surface area contributed by atoms with Gasteiger partial charge in [0, 0.05) is 12.5 Å². The lowest BCUT2D eigenvalue weighted by molar-refractivity contribution is -0.137. The first-order valence-electron chi connectivity index (χ1n) is 14.6. The molecule has 4 N–H and O–H groups in total. The molecule has 2 aliphatic rings. The maximum Gasteiger partial charge on any atom is 0.416 e. The van der Waals surface area contributed by atoms with Gasteiger partial charge < -0.3 is 15.7 Å². The van der Waals surface area contributed by atoms with Crippen LogP contribution in [0.2, 0.25) is 0 Å². The molecule has 2 fully saturated rings. The Hall–Kier alpha value is -3.41. The number of piperidine rings is 1. The Morgan fingerprint density at radius 1 is 0.955 bits per heavy atom. The maximum absolute atomic E-state index is 14.2. The molecule has 1 saturated carbocycles. The van der Waals surface area contributed by atoms with Crippen LogP contribution in [0.4, 0.5) is 23.2 Å².